The van der Waals surface area contributed by atoms with Crippen molar-refractivity contribution < 1.29 is 20.1 Å². The molecule has 0 aromatic rings. The first-order valence-electron chi connectivity index (χ1n) is 29.5. The van der Waals surface area contributed by atoms with Crippen molar-refractivity contribution >= 4 is 5.91 Å². The molecule has 0 aromatic carbocycles. The fourth-order valence-corrected chi connectivity index (χ4v) is 9.54. The van der Waals surface area contributed by atoms with Gasteiger partial charge in [-0.3, -0.25) is 4.79 Å². The first-order chi connectivity index (χ1) is 31.6. The van der Waals surface area contributed by atoms with Gasteiger partial charge in [0.2, 0.25) is 5.91 Å². The molecule has 5 heteroatoms. The van der Waals surface area contributed by atoms with Crippen LogP contribution in [0, 0.1) is 0 Å². The Hall–Kier alpha value is -0.910. The predicted octanol–water partition coefficient (Wildman–Crippen LogP) is 18.3. The number of amides is 1. The number of carbonyl (C=O) groups is 1. The Morgan fingerprint density at radius 3 is 0.859 bits per heavy atom. The summed E-state index contributed by atoms with van der Waals surface area (Å²) in [6.45, 7) is 4.28. The summed E-state index contributed by atoms with van der Waals surface area (Å²) < 4.78 is 0. The molecule has 0 aliphatic carbocycles. The lowest BCUT2D eigenvalue weighted by molar-refractivity contribution is -0.131. The Morgan fingerprint density at radius 2 is 0.594 bits per heavy atom. The highest BCUT2D eigenvalue weighted by atomic mass is 16.3. The minimum absolute atomic E-state index is 0.310. The molecule has 0 fully saturated rings. The van der Waals surface area contributed by atoms with E-state index >= 15 is 0 Å². The molecule has 1 amide bonds. The molecule has 0 heterocycles. The van der Waals surface area contributed by atoms with E-state index in [0.29, 0.717) is 12.8 Å². The van der Waals surface area contributed by atoms with Crippen molar-refractivity contribution in [2.24, 2.45) is 0 Å². The zero-order valence-electron chi connectivity index (χ0n) is 43.7. The molecule has 0 rings (SSSR count). The van der Waals surface area contributed by atoms with Gasteiger partial charge >= 0.3 is 0 Å². The zero-order valence-corrected chi connectivity index (χ0v) is 43.7. The molecule has 5 nitrogen and oxygen atoms in total. The first-order valence-corrected chi connectivity index (χ1v) is 29.5. The standard InChI is InChI=1S/C59H117NO4/c1-3-5-7-9-11-13-15-17-19-21-23-25-27-29-31-33-35-37-39-41-43-45-47-49-51-53-57(62)56(55-61)60-59(64)58(63)54-52-50-48-46-44-42-40-38-36-34-32-30-28-26-24-22-20-18-16-14-12-10-8-6-4-2/h30,32,56-58,61-63H,3-29,31,33-55H2,1-2H3,(H,60,64)/b32-30-. The monoisotopic (exact) mass is 904 g/mol. The number of allylic oxidation sites excluding steroid dienone is 2. The fraction of sp³-hybridized carbons (Fsp3) is 0.949. The van der Waals surface area contributed by atoms with E-state index in [1.54, 1.807) is 0 Å². The van der Waals surface area contributed by atoms with E-state index in [-0.39, 0.29) is 6.61 Å². The number of hydrogen-bond donors (Lipinski definition) is 4. The van der Waals surface area contributed by atoms with Crippen molar-refractivity contribution in [1.82, 2.24) is 5.32 Å². The van der Waals surface area contributed by atoms with E-state index in [0.717, 1.165) is 32.1 Å². The van der Waals surface area contributed by atoms with Crippen molar-refractivity contribution in [2.45, 2.75) is 353 Å². The van der Waals surface area contributed by atoms with Crippen LogP contribution in [0.5, 0.6) is 0 Å². The zero-order chi connectivity index (χ0) is 46.5. The van der Waals surface area contributed by atoms with E-state index in [1.165, 1.54) is 276 Å². The van der Waals surface area contributed by atoms with Gasteiger partial charge in [0.25, 0.3) is 0 Å². The van der Waals surface area contributed by atoms with E-state index < -0.39 is 24.2 Å². The Morgan fingerprint density at radius 1 is 0.359 bits per heavy atom. The Bertz CT molecular complexity index is 909. The van der Waals surface area contributed by atoms with Crippen LogP contribution in [0.2, 0.25) is 0 Å². The molecule has 0 aliphatic heterocycles. The Kier molecular flexibility index (Phi) is 53.9. The van der Waals surface area contributed by atoms with E-state index in [1.807, 2.05) is 0 Å². The molecule has 0 spiro atoms. The van der Waals surface area contributed by atoms with Crippen molar-refractivity contribution in [3.8, 4) is 0 Å². The topological polar surface area (TPSA) is 89.8 Å². The summed E-state index contributed by atoms with van der Waals surface area (Å²) in [7, 11) is 0. The predicted molar refractivity (Wildman–Crippen MR) is 282 cm³/mol. The molecule has 0 bridgehead atoms. The third-order valence-electron chi connectivity index (χ3n) is 14.1. The van der Waals surface area contributed by atoms with Crippen molar-refractivity contribution in [2.75, 3.05) is 6.61 Å². The lowest BCUT2D eigenvalue weighted by atomic mass is 10.0. The summed E-state index contributed by atoms with van der Waals surface area (Å²) in [5, 5.41) is 33.6. The Labute approximate surface area is 401 Å². The maximum atomic E-state index is 12.6. The highest BCUT2D eigenvalue weighted by molar-refractivity contribution is 5.80. The molecule has 0 saturated heterocycles. The summed E-state index contributed by atoms with van der Waals surface area (Å²) in [5.41, 5.74) is 0. The maximum absolute atomic E-state index is 12.6. The molecule has 4 N–H and O–H groups in total. The highest BCUT2D eigenvalue weighted by Crippen LogP contribution is 2.18. The van der Waals surface area contributed by atoms with Crippen molar-refractivity contribution in [3.05, 3.63) is 12.2 Å². The van der Waals surface area contributed by atoms with Gasteiger partial charge in [0.1, 0.15) is 6.10 Å². The van der Waals surface area contributed by atoms with Gasteiger partial charge in [-0.15, -0.1) is 0 Å². The van der Waals surface area contributed by atoms with Crippen LogP contribution in [-0.2, 0) is 4.79 Å². The summed E-state index contributed by atoms with van der Waals surface area (Å²) in [6, 6.07) is -0.711. The summed E-state index contributed by atoms with van der Waals surface area (Å²) in [5.74, 6) is -0.466. The van der Waals surface area contributed by atoms with Gasteiger partial charge in [0.05, 0.1) is 18.8 Å². The van der Waals surface area contributed by atoms with Crippen LogP contribution in [-0.4, -0.2) is 46.1 Å². The largest absolute Gasteiger partial charge is 0.394 e. The molecular weight excluding hydrogens is 787 g/mol. The van der Waals surface area contributed by atoms with Crippen LogP contribution in [0.3, 0.4) is 0 Å². The average Bonchev–Trinajstić information content (AvgIpc) is 3.30. The molecule has 3 unspecified atom stereocenters. The van der Waals surface area contributed by atoms with E-state index in [2.05, 4.69) is 31.3 Å². The molecule has 0 radical (unpaired) electrons. The van der Waals surface area contributed by atoms with Crippen molar-refractivity contribution in [1.29, 1.82) is 0 Å². The second-order valence-corrected chi connectivity index (χ2v) is 20.6. The lowest BCUT2D eigenvalue weighted by Gasteiger charge is -2.23. The number of aliphatic hydroxyl groups is 3. The Balaban J connectivity index is 3.51. The van der Waals surface area contributed by atoms with Gasteiger partial charge in [0, 0.05) is 0 Å². The smallest absolute Gasteiger partial charge is 0.249 e. The number of unbranched alkanes of at least 4 members (excludes halogenated alkanes) is 45. The molecule has 0 saturated carbocycles. The first kappa shape index (κ1) is 63.1. The van der Waals surface area contributed by atoms with Gasteiger partial charge in [-0.1, -0.05) is 309 Å². The summed E-state index contributed by atoms with van der Waals surface area (Å²) in [6.07, 6.45) is 68.4. The van der Waals surface area contributed by atoms with Gasteiger partial charge in [0.15, 0.2) is 0 Å². The lowest BCUT2D eigenvalue weighted by Crippen LogP contribution is -2.49. The minimum atomic E-state index is -1.08. The van der Waals surface area contributed by atoms with Gasteiger partial charge < -0.3 is 20.6 Å². The molecular formula is C59H117NO4. The van der Waals surface area contributed by atoms with Gasteiger partial charge in [-0.25, -0.2) is 0 Å². The average molecular weight is 905 g/mol. The normalized spacial score (nSPS) is 13.3. The van der Waals surface area contributed by atoms with Crippen LogP contribution in [0.25, 0.3) is 0 Å². The van der Waals surface area contributed by atoms with Crippen molar-refractivity contribution in [3.63, 3.8) is 0 Å². The summed E-state index contributed by atoms with van der Waals surface area (Å²) >= 11 is 0. The maximum Gasteiger partial charge on any atom is 0.249 e. The van der Waals surface area contributed by atoms with E-state index in [4.69, 9.17) is 0 Å². The van der Waals surface area contributed by atoms with Crippen LogP contribution < -0.4 is 5.32 Å². The number of hydrogen-bond acceptors (Lipinski definition) is 4. The van der Waals surface area contributed by atoms with Crippen LogP contribution >= 0.6 is 0 Å². The number of carbonyl (C=O) groups excluding carboxylic acids is 1. The molecule has 0 aliphatic rings. The third kappa shape index (κ3) is 49.0. The second-order valence-electron chi connectivity index (χ2n) is 20.6. The molecule has 64 heavy (non-hydrogen) atoms. The van der Waals surface area contributed by atoms with Crippen LogP contribution in [0.1, 0.15) is 335 Å². The number of aliphatic hydroxyl groups excluding tert-OH is 3. The number of nitrogens with one attached hydrogen (secondary N) is 1. The van der Waals surface area contributed by atoms with Gasteiger partial charge in [-0.2, -0.15) is 0 Å². The van der Waals surface area contributed by atoms with Crippen LogP contribution in [0.4, 0.5) is 0 Å². The molecule has 3 atom stereocenters. The fourth-order valence-electron chi connectivity index (χ4n) is 9.54. The van der Waals surface area contributed by atoms with Crippen LogP contribution in [0.15, 0.2) is 12.2 Å². The van der Waals surface area contributed by atoms with E-state index in [9.17, 15) is 20.1 Å². The quantitative estimate of drug-likeness (QED) is 0.0362. The minimum Gasteiger partial charge on any atom is -0.394 e. The number of rotatable bonds is 55. The third-order valence-corrected chi connectivity index (χ3v) is 14.1. The molecule has 0 aromatic heterocycles. The highest BCUT2D eigenvalue weighted by Gasteiger charge is 2.23. The van der Waals surface area contributed by atoms with Gasteiger partial charge in [-0.05, 0) is 38.5 Å². The summed E-state index contributed by atoms with van der Waals surface area (Å²) in [4.78, 5) is 12.6. The SMILES string of the molecule is CCCCCCCCCCCCCC/C=C\CCCCCCCCCCCC(O)C(=O)NC(CO)C(O)CCCCCCCCCCCCCCCCCCCCCCCCCCC. The molecule has 382 valence electrons. The second kappa shape index (κ2) is 54.7.